The summed E-state index contributed by atoms with van der Waals surface area (Å²) in [7, 11) is 0. The average molecular weight is 881 g/mol. The minimum Gasteiger partial charge on any atom is -0.462 e. The van der Waals surface area contributed by atoms with E-state index in [0.717, 1.165) is 26.3 Å². The maximum absolute atomic E-state index is 14.0. The van der Waals surface area contributed by atoms with Crippen molar-refractivity contribution < 1.29 is 67.0 Å². The second kappa shape index (κ2) is 20.7. The molecule has 0 bridgehead atoms. The summed E-state index contributed by atoms with van der Waals surface area (Å²) in [5.74, 6) is -4.95. The number of nitrogens with zero attached hydrogens (tertiary/aromatic N) is 2. The third kappa shape index (κ3) is 11.3. The molecule has 0 unspecified atom stereocenters. The van der Waals surface area contributed by atoms with Gasteiger partial charge < -0.3 is 38.3 Å². The van der Waals surface area contributed by atoms with Crippen LogP contribution in [0.4, 0.5) is 0 Å². The van der Waals surface area contributed by atoms with Gasteiger partial charge in [-0.2, -0.15) is 0 Å². The molecular weight excluding hydrogens is 837 g/mol. The van der Waals surface area contributed by atoms with Gasteiger partial charge in [-0.1, -0.05) is 72.3 Å². The summed E-state index contributed by atoms with van der Waals surface area (Å²) in [6.07, 6.45) is -9.85. The average Bonchev–Trinajstić information content (AvgIpc) is 3.79. The number of imidazole rings is 1. The van der Waals surface area contributed by atoms with E-state index < -0.39 is 91.9 Å². The summed E-state index contributed by atoms with van der Waals surface area (Å²) < 4.78 is 43.5. The van der Waals surface area contributed by atoms with Crippen LogP contribution in [0.5, 0.6) is 0 Å². The molecule has 4 aromatic carbocycles. The first-order valence-corrected chi connectivity index (χ1v) is 20.1. The van der Waals surface area contributed by atoms with Gasteiger partial charge in [0.2, 0.25) is 0 Å². The van der Waals surface area contributed by atoms with Gasteiger partial charge in [0.05, 0.1) is 22.4 Å². The topological polar surface area (TPSA) is 197 Å². The SMILES string of the molecule is CC(=O)OC[C@@H](OC(C)=O)[C@@H](OC(C)=O)[C@H](O)c1cn(-c2ccc(C)cc2)c(=S)n1[C@@H]1O[C@H](COC(=O)c2ccccc2)[C@@H](OC(=O)c2ccccc2)[C@H]1OC(=O)c1ccccc1. The first-order valence-electron chi connectivity index (χ1n) is 19.7. The normalized spacial score (nSPS) is 18.2. The zero-order valence-electron chi connectivity index (χ0n) is 34.6. The molecule has 1 N–H and O–H groups in total. The van der Waals surface area contributed by atoms with Gasteiger partial charge in [0.25, 0.3) is 0 Å². The number of hydrogen-bond acceptors (Lipinski definition) is 15. The number of esters is 6. The van der Waals surface area contributed by atoms with E-state index in [9.17, 15) is 33.9 Å². The standard InChI is InChI=1S/C46H44N2O14S/c1-27-20-22-34(23-21-27)47-24-35(38(52)39(59-30(4)51)36(58-29(3)50)25-56-28(2)49)48(46(47)63)42-41(62-45(55)33-18-12-7-13-19-33)40(61-44(54)32-16-10-6-11-17-32)37(60-42)26-57-43(53)31-14-8-5-9-15-31/h5-24,36-42,52H,25-26H2,1-4H3/t36-,37-,38-,39-,40-,41-,42-/m1/s1. The van der Waals surface area contributed by atoms with Gasteiger partial charge in [0.15, 0.2) is 35.4 Å². The maximum atomic E-state index is 14.0. The largest absolute Gasteiger partial charge is 0.462 e. The first kappa shape index (κ1) is 45.6. The molecule has 17 heteroatoms. The van der Waals surface area contributed by atoms with Crippen LogP contribution in [0.1, 0.15) is 75.4 Å². The number of ether oxygens (including phenoxy) is 7. The Bertz CT molecular complexity index is 2470. The molecule has 0 aliphatic carbocycles. The lowest BCUT2D eigenvalue weighted by atomic mass is 10.0. The molecule has 5 aromatic rings. The van der Waals surface area contributed by atoms with Gasteiger partial charge in [-0.15, -0.1) is 0 Å². The molecule has 1 aliphatic rings. The van der Waals surface area contributed by atoms with Crippen LogP contribution in [0.3, 0.4) is 0 Å². The Kier molecular flexibility index (Phi) is 15.0. The number of benzene rings is 4. The number of aryl methyl sites for hydroxylation is 1. The lowest BCUT2D eigenvalue weighted by Crippen LogP contribution is -2.44. The highest BCUT2D eigenvalue weighted by molar-refractivity contribution is 7.71. The van der Waals surface area contributed by atoms with Crippen molar-refractivity contribution in [2.75, 3.05) is 13.2 Å². The van der Waals surface area contributed by atoms with Crippen LogP contribution in [-0.2, 0) is 47.5 Å². The van der Waals surface area contributed by atoms with Crippen molar-refractivity contribution in [1.82, 2.24) is 9.13 Å². The summed E-state index contributed by atoms with van der Waals surface area (Å²) in [4.78, 5) is 78.1. The van der Waals surface area contributed by atoms with E-state index in [-0.39, 0.29) is 27.2 Å². The van der Waals surface area contributed by atoms with Crippen molar-refractivity contribution in [2.45, 2.75) is 70.5 Å². The fourth-order valence-corrected chi connectivity index (χ4v) is 7.19. The number of aliphatic hydroxyl groups excluding tert-OH is 1. The molecule has 1 fully saturated rings. The zero-order chi connectivity index (χ0) is 45.2. The molecule has 328 valence electrons. The molecule has 0 radical (unpaired) electrons. The second-order valence-corrected chi connectivity index (χ2v) is 14.7. The van der Waals surface area contributed by atoms with E-state index in [4.69, 9.17) is 45.4 Å². The van der Waals surface area contributed by atoms with Crippen molar-refractivity contribution in [1.29, 1.82) is 0 Å². The highest BCUT2D eigenvalue weighted by Gasteiger charge is 2.53. The number of hydrogen-bond donors (Lipinski definition) is 1. The van der Waals surface area contributed by atoms with Crippen molar-refractivity contribution in [3.05, 3.63) is 154 Å². The molecule has 0 saturated carbocycles. The summed E-state index contributed by atoms with van der Waals surface area (Å²) in [6, 6.07) is 31.2. The first-order chi connectivity index (χ1) is 30.2. The quantitative estimate of drug-likeness (QED) is 0.0690. The Balaban J connectivity index is 1.53. The van der Waals surface area contributed by atoms with E-state index in [1.54, 1.807) is 78.9 Å². The van der Waals surface area contributed by atoms with E-state index in [1.165, 1.54) is 39.6 Å². The van der Waals surface area contributed by atoms with Gasteiger partial charge in [-0.05, 0) is 67.7 Å². The number of aliphatic hydroxyl groups is 1. The van der Waals surface area contributed by atoms with E-state index in [1.807, 2.05) is 19.1 Å². The van der Waals surface area contributed by atoms with Crippen LogP contribution in [-0.4, -0.2) is 93.8 Å². The van der Waals surface area contributed by atoms with Gasteiger partial charge >= 0.3 is 35.8 Å². The van der Waals surface area contributed by atoms with Crippen molar-refractivity contribution in [3.63, 3.8) is 0 Å². The van der Waals surface area contributed by atoms with Crippen LogP contribution < -0.4 is 0 Å². The molecule has 2 heterocycles. The van der Waals surface area contributed by atoms with Gasteiger partial charge in [-0.3, -0.25) is 23.5 Å². The lowest BCUT2D eigenvalue weighted by Gasteiger charge is -2.31. The number of aromatic nitrogens is 2. The van der Waals surface area contributed by atoms with E-state index in [2.05, 4.69) is 0 Å². The molecule has 0 amide bonds. The molecule has 16 nitrogen and oxygen atoms in total. The molecule has 1 saturated heterocycles. The summed E-state index contributed by atoms with van der Waals surface area (Å²) in [6.45, 7) is 3.97. The van der Waals surface area contributed by atoms with Crippen molar-refractivity contribution in [3.8, 4) is 5.69 Å². The van der Waals surface area contributed by atoms with Crippen LogP contribution in [0.2, 0.25) is 0 Å². The Morgan fingerprint density at radius 2 is 1.17 bits per heavy atom. The van der Waals surface area contributed by atoms with Crippen LogP contribution in [0, 0.1) is 11.7 Å². The van der Waals surface area contributed by atoms with Crippen molar-refractivity contribution >= 4 is 48.0 Å². The molecule has 6 rings (SSSR count). The highest BCUT2D eigenvalue weighted by atomic mass is 32.1. The molecule has 0 spiro atoms. The smallest absolute Gasteiger partial charge is 0.338 e. The monoisotopic (exact) mass is 880 g/mol. The number of carbonyl (C=O) groups excluding carboxylic acids is 6. The zero-order valence-corrected chi connectivity index (χ0v) is 35.4. The Morgan fingerprint density at radius 3 is 1.68 bits per heavy atom. The third-order valence-electron chi connectivity index (χ3n) is 9.75. The second-order valence-electron chi connectivity index (χ2n) is 14.4. The highest BCUT2D eigenvalue weighted by Crippen LogP contribution is 2.39. The number of carbonyl (C=O) groups is 6. The van der Waals surface area contributed by atoms with Crippen LogP contribution >= 0.6 is 12.2 Å². The molecular formula is C46H44N2O14S. The van der Waals surface area contributed by atoms with Crippen LogP contribution in [0.15, 0.2) is 121 Å². The molecule has 1 aromatic heterocycles. The molecule has 1 aliphatic heterocycles. The summed E-state index contributed by atoms with van der Waals surface area (Å²) >= 11 is 6.09. The fourth-order valence-electron chi connectivity index (χ4n) is 6.82. The Morgan fingerprint density at radius 1 is 0.667 bits per heavy atom. The van der Waals surface area contributed by atoms with E-state index in [0.29, 0.717) is 5.69 Å². The third-order valence-corrected chi connectivity index (χ3v) is 10.1. The van der Waals surface area contributed by atoms with E-state index >= 15 is 0 Å². The fraction of sp³-hybridized carbons (Fsp3) is 0.283. The minimum atomic E-state index is -1.95. The molecule has 63 heavy (non-hydrogen) atoms. The lowest BCUT2D eigenvalue weighted by molar-refractivity contribution is -0.183. The molecule has 7 atom stereocenters. The Hall–Kier alpha value is -6.95. The van der Waals surface area contributed by atoms with Gasteiger partial charge in [-0.25, -0.2) is 14.4 Å². The maximum Gasteiger partial charge on any atom is 0.338 e. The summed E-state index contributed by atoms with van der Waals surface area (Å²) in [5, 5.41) is 12.4. The minimum absolute atomic E-state index is 0.0701. The predicted molar refractivity (Wildman–Crippen MR) is 224 cm³/mol. The summed E-state index contributed by atoms with van der Waals surface area (Å²) in [5.41, 5.74) is 1.74. The predicted octanol–water partition coefficient (Wildman–Crippen LogP) is 5.98. The Labute approximate surface area is 366 Å². The number of rotatable bonds is 16. The van der Waals surface area contributed by atoms with Gasteiger partial charge in [0, 0.05) is 32.7 Å². The van der Waals surface area contributed by atoms with Gasteiger partial charge in [0.1, 0.15) is 25.4 Å². The van der Waals surface area contributed by atoms with Crippen molar-refractivity contribution in [2.24, 2.45) is 0 Å². The van der Waals surface area contributed by atoms with Crippen LogP contribution in [0.25, 0.3) is 5.69 Å².